The standard InChI is InChI=1S/C21H20ClN5OS/c1-13-12-27-17(14(2)24-21(27)29-13)8-9-18(28)25-19(20-23-10-11-26(20)3)15-4-6-16(22)7-5-15/h4-12,19H,1-3H3,(H,25,28)/b9-8+. The summed E-state index contributed by atoms with van der Waals surface area (Å²) < 4.78 is 3.90. The molecule has 0 aliphatic heterocycles. The fraction of sp³-hybridized carbons (Fsp3) is 0.190. The number of rotatable bonds is 5. The summed E-state index contributed by atoms with van der Waals surface area (Å²) in [5.74, 6) is 0.528. The van der Waals surface area contributed by atoms with Crippen LogP contribution in [-0.4, -0.2) is 24.8 Å². The van der Waals surface area contributed by atoms with Gasteiger partial charge in [-0.05, 0) is 37.6 Å². The van der Waals surface area contributed by atoms with Crippen molar-refractivity contribution >= 4 is 39.9 Å². The van der Waals surface area contributed by atoms with E-state index in [-0.39, 0.29) is 11.9 Å². The van der Waals surface area contributed by atoms with E-state index in [9.17, 15) is 4.79 Å². The number of aromatic nitrogens is 4. The van der Waals surface area contributed by atoms with E-state index in [0.717, 1.165) is 27.7 Å². The van der Waals surface area contributed by atoms with Crippen molar-refractivity contribution in [1.29, 1.82) is 0 Å². The number of imidazole rings is 2. The van der Waals surface area contributed by atoms with Crippen molar-refractivity contribution in [2.75, 3.05) is 0 Å². The van der Waals surface area contributed by atoms with Gasteiger partial charge in [0.25, 0.3) is 0 Å². The second kappa shape index (κ2) is 7.85. The highest BCUT2D eigenvalue weighted by Gasteiger charge is 2.20. The van der Waals surface area contributed by atoms with E-state index in [1.54, 1.807) is 35.7 Å². The number of halogens is 1. The van der Waals surface area contributed by atoms with Gasteiger partial charge in [-0.25, -0.2) is 9.97 Å². The van der Waals surface area contributed by atoms with Crippen molar-refractivity contribution in [3.05, 3.63) is 81.6 Å². The molecule has 0 saturated heterocycles. The molecule has 6 nitrogen and oxygen atoms in total. The smallest absolute Gasteiger partial charge is 0.244 e. The molecule has 1 atom stereocenters. The molecule has 0 fully saturated rings. The van der Waals surface area contributed by atoms with Gasteiger partial charge in [-0.2, -0.15) is 0 Å². The Morgan fingerprint density at radius 2 is 2.03 bits per heavy atom. The van der Waals surface area contributed by atoms with Crippen LogP contribution in [0.5, 0.6) is 0 Å². The Labute approximate surface area is 177 Å². The second-order valence-corrected chi connectivity index (χ2v) is 8.45. The lowest BCUT2D eigenvalue weighted by molar-refractivity contribution is -0.117. The van der Waals surface area contributed by atoms with Crippen LogP contribution in [0.3, 0.4) is 0 Å². The lowest BCUT2D eigenvalue weighted by Gasteiger charge is -2.18. The van der Waals surface area contributed by atoms with E-state index >= 15 is 0 Å². The van der Waals surface area contributed by atoms with Gasteiger partial charge in [-0.15, -0.1) is 11.3 Å². The SMILES string of the molecule is Cc1cn2c(/C=C/C(=O)NC(c3ccc(Cl)cc3)c3nccn3C)c(C)nc2s1. The van der Waals surface area contributed by atoms with Crippen molar-refractivity contribution in [3.63, 3.8) is 0 Å². The minimum atomic E-state index is -0.389. The quantitative estimate of drug-likeness (QED) is 0.484. The van der Waals surface area contributed by atoms with E-state index in [0.29, 0.717) is 5.02 Å². The minimum absolute atomic E-state index is 0.214. The molecule has 0 saturated carbocycles. The van der Waals surface area contributed by atoms with Crippen LogP contribution in [0.2, 0.25) is 5.02 Å². The first-order valence-electron chi connectivity index (χ1n) is 9.08. The molecule has 1 aromatic carbocycles. The topological polar surface area (TPSA) is 64.2 Å². The second-order valence-electron chi connectivity index (χ2n) is 6.80. The molecule has 0 aliphatic carbocycles. The summed E-state index contributed by atoms with van der Waals surface area (Å²) in [4.78, 5) is 23.8. The number of aryl methyl sites for hydroxylation is 3. The van der Waals surface area contributed by atoms with Crippen molar-refractivity contribution in [2.45, 2.75) is 19.9 Å². The van der Waals surface area contributed by atoms with Gasteiger partial charge >= 0.3 is 0 Å². The highest BCUT2D eigenvalue weighted by molar-refractivity contribution is 7.17. The molecule has 0 bridgehead atoms. The number of thiazole rings is 1. The number of nitrogens with zero attached hydrogens (tertiary/aromatic N) is 4. The molecule has 3 heterocycles. The van der Waals surface area contributed by atoms with E-state index < -0.39 is 0 Å². The first-order chi connectivity index (χ1) is 13.9. The van der Waals surface area contributed by atoms with Gasteiger partial charge in [-0.3, -0.25) is 9.20 Å². The summed E-state index contributed by atoms with van der Waals surface area (Å²) >= 11 is 7.65. The first-order valence-corrected chi connectivity index (χ1v) is 10.3. The number of carbonyl (C=O) groups is 1. The van der Waals surface area contributed by atoms with Gasteiger partial charge in [-0.1, -0.05) is 23.7 Å². The van der Waals surface area contributed by atoms with Crippen LogP contribution in [0.4, 0.5) is 0 Å². The third kappa shape index (κ3) is 3.97. The van der Waals surface area contributed by atoms with Crippen LogP contribution in [0.25, 0.3) is 11.0 Å². The van der Waals surface area contributed by atoms with E-state index in [2.05, 4.69) is 15.3 Å². The van der Waals surface area contributed by atoms with Crippen LogP contribution in [0.1, 0.15) is 33.7 Å². The largest absolute Gasteiger partial charge is 0.339 e. The normalized spacial score (nSPS) is 12.7. The molecule has 29 heavy (non-hydrogen) atoms. The summed E-state index contributed by atoms with van der Waals surface area (Å²) in [7, 11) is 1.90. The van der Waals surface area contributed by atoms with Gasteiger partial charge < -0.3 is 9.88 Å². The number of nitrogens with one attached hydrogen (secondary N) is 1. The van der Waals surface area contributed by atoms with Crippen LogP contribution >= 0.6 is 22.9 Å². The molecule has 1 N–H and O–H groups in total. The van der Waals surface area contributed by atoms with Gasteiger partial charge in [0, 0.05) is 41.6 Å². The molecule has 148 valence electrons. The fourth-order valence-electron chi connectivity index (χ4n) is 3.23. The molecule has 0 aliphatic rings. The van der Waals surface area contributed by atoms with E-state index in [1.807, 2.05) is 54.4 Å². The molecular weight excluding hydrogens is 406 g/mol. The van der Waals surface area contributed by atoms with Crippen LogP contribution in [-0.2, 0) is 11.8 Å². The monoisotopic (exact) mass is 425 g/mol. The van der Waals surface area contributed by atoms with Gasteiger partial charge in [0.1, 0.15) is 11.9 Å². The maximum atomic E-state index is 12.8. The first kappa shape index (κ1) is 19.4. The number of hydrogen-bond acceptors (Lipinski definition) is 4. The summed E-state index contributed by atoms with van der Waals surface area (Å²) in [5, 5.41) is 3.70. The third-order valence-corrected chi connectivity index (χ3v) is 5.81. The Morgan fingerprint density at radius 1 is 1.28 bits per heavy atom. The highest BCUT2D eigenvalue weighted by Crippen LogP contribution is 2.23. The molecule has 8 heteroatoms. The summed E-state index contributed by atoms with van der Waals surface area (Å²) in [6.45, 7) is 3.98. The minimum Gasteiger partial charge on any atom is -0.339 e. The maximum Gasteiger partial charge on any atom is 0.244 e. The Kier molecular flexibility index (Phi) is 5.25. The summed E-state index contributed by atoms with van der Waals surface area (Å²) in [6.07, 6.45) is 8.93. The number of benzene rings is 1. The van der Waals surface area contributed by atoms with Gasteiger partial charge in [0.15, 0.2) is 4.96 Å². The Morgan fingerprint density at radius 3 is 2.72 bits per heavy atom. The van der Waals surface area contributed by atoms with E-state index in [1.165, 1.54) is 11.0 Å². The van der Waals surface area contributed by atoms with Crippen LogP contribution < -0.4 is 5.32 Å². The third-order valence-electron chi connectivity index (χ3n) is 4.66. The average molecular weight is 426 g/mol. The molecule has 4 rings (SSSR count). The van der Waals surface area contributed by atoms with Gasteiger partial charge in [0.05, 0.1) is 11.4 Å². The van der Waals surface area contributed by atoms with Crippen molar-refractivity contribution in [2.24, 2.45) is 7.05 Å². The fourth-order valence-corrected chi connectivity index (χ4v) is 4.24. The lowest BCUT2D eigenvalue weighted by Crippen LogP contribution is -2.29. The summed E-state index contributed by atoms with van der Waals surface area (Å²) in [5.41, 5.74) is 2.69. The number of amides is 1. The molecular formula is C21H20ClN5OS. The van der Waals surface area contributed by atoms with E-state index in [4.69, 9.17) is 11.6 Å². The van der Waals surface area contributed by atoms with Gasteiger partial charge in [0.2, 0.25) is 5.91 Å². The molecule has 1 unspecified atom stereocenters. The molecule has 0 radical (unpaired) electrons. The number of fused-ring (bicyclic) bond motifs is 1. The predicted molar refractivity (Wildman–Crippen MR) is 116 cm³/mol. The number of carbonyl (C=O) groups excluding carboxylic acids is 1. The zero-order valence-electron chi connectivity index (χ0n) is 16.3. The Bertz CT molecular complexity index is 1200. The molecule has 1 amide bonds. The Hall–Kier alpha value is -2.90. The van der Waals surface area contributed by atoms with Crippen molar-refractivity contribution < 1.29 is 4.79 Å². The van der Waals surface area contributed by atoms with Crippen molar-refractivity contribution in [1.82, 2.24) is 24.3 Å². The lowest BCUT2D eigenvalue weighted by atomic mass is 10.1. The Balaban J connectivity index is 1.61. The highest BCUT2D eigenvalue weighted by atomic mass is 35.5. The maximum absolute atomic E-state index is 12.8. The molecule has 3 aromatic heterocycles. The van der Waals surface area contributed by atoms with Crippen LogP contribution in [0, 0.1) is 13.8 Å². The average Bonchev–Trinajstić information content (AvgIpc) is 3.33. The zero-order chi connectivity index (χ0) is 20.5. The zero-order valence-corrected chi connectivity index (χ0v) is 17.8. The number of hydrogen-bond donors (Lipinski definition) is 1. The molecule has 0 spiro atoms. The predicted octanol–water partition coefficient (Wildman–Crippen LogP) is 4.32. The van der Waals surface area contributed by atoms with Crippen LogP contribution in [0.15, 0.2) is 48.9 Å². The molecule has 4 aromatic rings. The summed E-state index contributed by atoms with van der Waals surface area (Å²) in [6, 6.07) is 7.01. The van der Waals surface area contributed by atoms with Crippen molar-refractivity contribution in [3.8, 4) is 0 Å².